The molecular weight excluding hydrogens is 236 g/mol. The number of hydrogen-bond acceptors (Lipinski definition) is 3. The van der Waals surface area contributed by atoms with Gasteiger partial charge in [0.25, 0.3) is 0 Å². The van der Waals surface area contributed by atoms with Gasteiger partial charge in [-0.1, -0.05) is 26.2 Å². The van der Waals surface area contributed by atoms with Crippen molar-refractivity contribution in [3.8, 4) is 12.3 Å². The van der Waals surface area contributed by atoms with E-state index in [2.05, 4.69) is 31.2 Å². The molecule has 4 atom stereocenters. The number of terminal acetylenes is 1. The average Bonchev–Trinajstić information content (AvgIpc) is 2.95. The molecule has 4 unspecified atom stereocenters. The fourth-order valence-electron chi connectivity index (χ4n) is 2.49. The van der Waals surface area contributed by atoms with Crippen LogP contribution >= 0.6 is 0 Å². The lowest BCUT2D eigenvalue weighted by atomic mass is 10.1. The summed E-state index contributed by atoms with van der Waals surface area (Å²) < 4.78 is 5.94. The van der Waals surface area contributed by atoms with Crippen molar-refractivity contribution < 1.29 is 4.42 Å². The van der Waals surface area contributed by atoms with E-state index in [0.717, 1.165) is 30.3 Å². The van der Waals surface area contributed by atoms with E-state index in [9.17, 15) is 0 Å². The molecule has 1 aliphatic rings. The molecule has 0 aliphatic heterocycles. The van der Waals surface area contributed by atoms with Crippen LogP contribution in [0.15, 0.2) is 16.5 Å². The van der Waals surface area contributed by atoms with E-state index < -0.39 is 0 Å². The van der Waals surface area contributed by atoms with E-state index in [1.807, 2.05) is 6.07 Å². The molecule has 3 heteroatoms. The highest BCUT2D eigenvalue weighted by Gasteiger charge is 2.37. The monoisotopic (exact) mass is 260 g/mol. The minimum atomic E-state index is 0.00964. The first-order valence-corrected chi connectivity index (χ1v) is 7.21. The molecular formula is C16H24N2O. The summed E-state index contributed by atoms with van der Waals surface area (Å²) in [4.78, 5) is 0. The van der Waals surface area contributed by atoms with Crippen LogP contribution in [0.3, 0.4) is 0 Å². The normalized spacial score (nSPS) is 24.7. The maximum absolute atomic E-state index is 5.94. The van der Waals surface area contributed by atoms with Crippen LogP contribution in [-0.4, -0.2) is 12.6 Å². The molecule has 1 aromatic heterocycles. The minimum absolute atomic E-state index is 0.00964. The van der Waals surface area contributed by atoms with Crippen molar-refractivity contribution in [2.45, 2.75) is 51.1 Å². The molecule has 0 saturated heterocycles. The Morgan fingerprint density at radius 3 is 2.84 bits per heavy atom. The Morgan fingerprint density at radius 1 is 1.58 bits per heavy atom. The first-order chi connectivity index (χ1) is 9.19. The Labute approximate surface area is 115 Å². The summed E-state index contributed by atoms with van der Waals surface area (Å²) >= 11 is 0. The predicted molar refractivity (Wildman–Crippen MR) is 77.7 cm³/mol. The highest BCUT2D eigenvalue weighted by atomic mass is 16.3. The van der Waals surface area contributed by atoms with E-state index in [4.69, 9.17) is 16.6 Å². The van der Waals surface area contributed by atoms with Crippen LogP contribution in [0.25, 0.3) is 0 Å². The molecule has 19 heavy (non-hydrogen) atoms. The second kappa shape index (κ2) is 6.27. The van der Waals surface area contributed by atoms with E-state index in [0.29, 0.717) is 12.5 Å². The van der Waals surface area contributed by atoms with Crippen molar-refractivity contribution in [2.75, 3.05) is 6.54 Å². The summed E-state index contributed by atoms with van der Waals surface area (Å²) in [6.45, 7) is 4.87. The highest BCUT2D eigenvalue weighted by Crippen LogP contribution is 2.47. The maximum atomic E-state index is 5.94. The smallest absolute Gasteiger partial charge is 0.122 e. The van der Waals surface area contributed by atoms with E-state index >= 15 is 0 Å². The number of hydrogen-bond donors (Lipinski definition) is 2. The van der Waals surface area contributed by atoms with Crippen molar-refractivity contribution in [1.29, 1.82) is 0 Å². The van der Waals surface area contributed by atoms with Crippen molar-refractivity contribution in [3.63, 3.8) is 0 Å². The number of nitrogens with one attached hydrogen (secondary N) is 1. The SMILES string of the molecule is C#CC(CCC)NC(CN)c1ccc(C2CC2C)o1. The van der Waals surface area contributed by atoms with Crippen LogP contribution in [0.5, 0.6) is 0 Å². The zero-order valence-corrected chi connectivity index (χ0v) is 11.9. The molecule has 104 valence electrons. The topological polar surface area (TPSA) is 51.2 Å². The van der Waals surface area contributed by atoms with Gasteiger partial charge >= 0.3 is 0 Å². The second-order valence-corrected chi connectivity index (χ2v) is 5.52. The van der Waals surface area contributed by atoms with Crippen LogP contribution in [0.1, 0.15) is 56.6 Å². The van der Waals surface area contributed by atoms with Crippen molar-refractivity contribution >= 4 is 0 Å². The molecule has 3 nitrogen and oxygen atoms in total. The van der Waals surface area contributed by atoms with Crippen molar-refractivity contribution in [3.05, 3.63) is 23.7 Å². The van der Waals surface area contributed by atoms with Crippen molar-refractivity contribution in [1.82, 2.24) is 5.32 Å². The number of furan rings is 1. The average molecular weight is 260 g/mol. The van der Waals surface area contributed by atoms with Gasteiger partial charge in [0.15, 0.2) is 0 Å². The van der Waals surface area contributed by atoms with E-state index in [1.165, 1.54) is 6.42 Å². The molecule has 0 bridgehead atoms. The zero-order chi connectivity index (χ0) is 13.8. The van der Waals surface area contributed by atoms with Gasteiger partial charge in [0.1, 0.15) is 11.5 Å². The molecule has 1 aliphatic carbocycles. The van der Waals surface area contributed by atoms with Gasteiger partial charge in [-0.25, -0.2) is 0 Å². The lowest BCUT2D eigenvalue weighted by Crippen LogP contribution is -2.35. The maximum Gasteiger partial charge on any atom is 0.122 e. The van der Waals surface area contributed by atoms with Crippen molar-refractivity contribution in [2.24, 2.45) is 11.7 Å². The Bertz CT molecular complexity index is 446. The Hall–Kier alpha value is -1.24. The number of rotatable bonds is 7. The summed E-state index contributed by atoms with van der Waals surface area (Å²) in [5.74, 6) is 6.14. The van der Waals surface area contributed by atoms with Gasteiger partial charge in [0, 0.05) is 12.5 Å². The van der Waals surface area contributed by atoms with Gasteiger partial charge in [0.05, 0.1) is 12.1 Å². The van der Waals surface area contributed by atoms with Crippen LogP contribution in [0.4, 0.5) is 0 Å². The lowest BCUT2D eigenvalue weighted by Gasteiger charge is -2.19. The van der Waals surface area contributed by atoms with Gasteiger partial charge < -0.3 is 10.2 Å². The fourth-order valence-corrected chi connectivity index (χ4v) is 2.49. The summed E-state index contributed by atoms with van der Waals surface area (Å²) in [5.41, 5.74) is 5.84. The largest absolute Gasteiger partial charge is 0.464 e. The molecule has 0 amide bonds. The van der Waals surface area contributed by atoms with Gasteiger partial charge in [-0.15, -0.1) is 6.42 Å². The van der Waals surface area contributed by atoms with Crippen LogP contribution in [0.2, 0.25) is 0 Å². The summed E-state index contributed by atoms with van der Waals surface area (Å²) in [5, 5.41) is 3.40. The molecule has 1 heterocycles. The molecule has 1 saturated carbocycles. The fraction of sp³-hybridized carbons (Fsp3) is 0.625. The highest BCUT2D eigenvalue weighted by molar-refractivity contribution is 5.20. The molecule has 1 fully saturated rings. The third-order valence-corrected chi connectivity index (χ3v) is 3.88. The Kier molecular flexibility index (Phi) is 4.68. The van der Waals surface area contributed by atoms with E-state index in [1.54, 1.807) is 0 Å². The first-order valence-electron chi connectivity index (χ1n) is 7.21. The quantitative estimate of drug-likeness (QED) is 0.741. The predicted octanol–water partition coefficient (Wildman–Crippen LogP) is 2.79. The third-order valence-electron chi connectivity index (χ3n) is 3.88. The van der Waals surface area contributed by atoms with Crippen LogP contribution < -0.4 is 11.1 Å². The molecule has 0 aromatic carbocycles. The molecule has 0 spiro atoms. The lowest BCUT2D eigenvalue weighted by molar-refractivity contribution is 0.376. The second-order valence-electron chi connectivity index (χ2n) is 5.52. The van der Waals surface area contributed by atoms with Gasteiger partial charge in [-0.05, 0) is 30.9 Å². The van der Waals surface area contributed by atoms with Crippen LogP contribution in [-0.2, 0) is 0 Å². The zero-order valence-electron chi connectivity index (χ0n) is 11.9. The van der Waals surface area contributed by atoms with Gasteiger partial charge in [0.2, 0.25) is 0 Å². The Balaban J connectivity index is 2.00. The summed E-state index contributed by atoms with van der Waals surface area (Å²) in [6.07, 6.45) is 8.79. The molecule has 2 rings (SSSR count). The third kappa shape index (κ3) is 3.40. The molecule has 0 radical (unpaired) electrons. The van der Waals surface area contributed by atoms with Gasteiger partial charge in [-0.3, -0.25) is 5.32 Å². The standard InChI is InChI=1S/C16H24N2O/c1-4-6-12(5-2)18-14(10-17)16-8-7-15(19-16)13-9-11(13)3/h2,7-8,11-14,18H,4,6,9-10,17H2,1,3H3. The minimum Gasteiger partial charge on any atom is -0.464 e. The Morgan fingerprint density at radius 2 is 2.32 bits per heavy atom. The summed E-state index contributed by atoms with van der Waals surface area (Å²) in [6, 6.07) is 4.19. The first kappa shape index (κ1) is 14.2. The van der Waals surface area contributed by atoms with Crippen LogP contribution in [0, 0.1) is 18.3 Å². The summed E-state index contributed by atoms with van der Waals surface area (Å²) in [7, 11) is 0. The molecule has 1 aromatic rings. The van der Waals surface area contributed by atoms with Gasteiger partial charge in [-0.2, -0.15) is 0 Å². The number of nitrogens with two attached hydrogens (primary N) is 1. The van der Waals surface area contributed by atoms with E-state index in [-0.39, 0.29) is 12.1 Å². The molecule has 3 N–H and O–H groups in total.